The molecule has 1 aromatic heterocycles. The maximum Gasteiger partial charge on any atom is 0.135 e. The van der Waals surface area contributed by atoms with Gasteiger partial charge in [0.25, 0.3) is 0 Å². The molecule has 80 valence electrons. The predicted molar refractivity (Wildman–Crippen MR) is 63.2 cm³/mol. The summed E-state index contributed by atoms with van der Waals surface area (Å²) in [5, 5.41) is 1.82. The summed E-state index contributed by atoms with van der Waals surface area (Å²) < 4.78 is 19.2. The summed E-state index contributed by atoms with van der Waals surface area (Å²) in [6, 6.07) is 9.26. The molecule has 0 aliphatic heterocycles. The Kier molecular flexibility index (Phi) is 1.81. The van der Waals surface area contributed by atoms with Gasteiger partial charge < -0.3 is 4.42 Å². The van der Waals surface area contributed by atoms with Gasteiger partial charge in [-0.2, -0.15) is 0 Å². The summed E-state index contributed by atoms with van der Waals surface area (Å²) in [5.41, 5.74) is 3.33. The van der Waals surface area contributed by atoms with Gasteiger partial charge in [-0.1, -0.05) is 12.1 Å². The van der Waals surface area contributed by atoms with Gasteiger partial charge in [0, 0.05) is 10.8 Å². The van der Waals surface area contributed by atoms with Crippen molar-refractivity contribution >= 4 is 21.9 Å². The second-order valence-corrected chi connectivity index (χ2v) is 4.20. The van der Waals surface area contributed by atoms with E-state index in [9.17, 15) is 4.39 Å². The SMILES string of the molecule is Cc1ccc2c(c1)oc1cc(C)c(F)cc12. The van der Waals surface area contributed by atoms with E-state index in [0.717, 1.165) is 27.5 Å². The number of hydrogen-bond acceptors (Lipinski definition) is 1. The number of halogens is 1. The molecule has 0 aliphatic rings. The number of furan rings is 1. The Hall–Kier alpha value is -1.83. The molecule has 0 unspecified atom stereocenters. The Morgan fingerprint density at radius 2 is 1.69 bits per heavy atom. The molecule has 0 aliphatic carbocycles. The molecule has 2 heteroatoms. The van der Waals surface area contributed by atoms with E-state index in [1.807, 2.05) is 25.1 Å². The Morgan fingerprint density at radius 3 is 2.50 bits per heavy atom. The summed E-state index contributed by atoms with van der Waals surface area (Å²) >= 11 is 0. The van der Waals surface area contributed by atoms with Crippen molar-refractivity contribution in [3.63, 3.8) is 0 Å². The zero-order valence-corrected chi connectivity index (χ0v) is 9.17. The molecule has 0 fully saturated rings. The fraction of sp³-hybridized carbons (Fsp3) is 0.143. The van der Waals surface area contributed by atoms with Crippen LogP contribution in [0.1, 0.15) is 11.1 Å². The Bertz CT molecular complexity index is 695. The Balaban J connectivity index is 2.51. The molecule has 0 N–H and O–H groups in total. The van der Waals surface area contributed by atoms with E-state index < -0.39 is 0 Å². The molecule has 16 heavy (non-hydrogen) atoms. The van der Waals surface area contributed by atoms with E-state index in [0.29, 0.717) is 5.56 Å². The maximum atomic E-state index is 13.5. The molecule has 2 aromatic carbocycles. The average molecular weight is 214 g/mol. The van der Waals surface area contributed by atoms with Crippen LogP contribution < -0.4 is 0 Å². The van der Waals surface area contributed by atoms with Crippen LogP contribution in [0.2, 0.25) is 0 Å². The van der Waals surface area contributed by atoms with Crippen LogP contribution in [0, 0.1) is 19.7 Å². The van der Waals surface area contributed by atoms with Gasteiger partial charge in [0.15, 0.2) is 0 Å². The Morgan fingerprint density at radius 1 is 0.938 bits per heavy atom. The number of hydrogen-bond donors (Lipinski definition) is 0. The lowest BCUT2D eigenvalue weighted by molar-refractivity contribution is 0.617. The highest BCUT2D eigenvalue weighted by molar-refractivity contribution is 6.05. The molecular formula is C14H11FO. The highest BCUT2D eigenvalue weighted by Crippen LogP contribution is 2.30. The first-order valence-corrected chi connectivity index (χ1v) is 5.24. The van der Waals surface area contributed by atoms with Gasteiger partial charge in [-0.05, 0) is 43.2 Å². The minimum atomic E-state index is -0.184. The van der Waals surface area contributed by atoms with Crippen LogP contribution in [0.3, 0.4) is 0 Å². The van der Waals surface area contributed by atoms with Crippen molar-refractivity contribution in [3.05, 3.63) is 47.3 Å². The second kappa shape index (κ2) is 3.08. The predicted octanol–water partition coefficient (Wildman–Crippen LogP) is 4.34. The van der Waals surface area contributed by atoms with Crippen molar-refractivity contribution in [2.24, 2.45) is 0 Å². The molecule has 0 bridgehead atoms. The van der Waals surface area contributed by atoms with Crippen molar-refractivity contribution in [3.8, 4) is 0 Å². The van der Waals surface area contributed by atoms with Crippen LogP contribution in [0.15, 0.2) is 34.7 Å². The molecule has 3 rings (SSSR count). The quantitative estimate of drug-likeness (QED) is 0.542. The third-order valence-corrected chi connectivity index (χ3v) is 2.91. The Labute approximate surface area is 92.5 Å². The first-order chi connectivity index (χ1) is 7.65. The molecule has 0 amide bonds. The normalized spacial score (nSPS) is 11.4. The number of benzene rings is 2. The van der Waals surface area contributed by atoms with Crippen LogP contribution in [0.5, 0.6) is 0 Å². The van der Waals surface area contributed by atoms with E-state index >= 15 is 0 Å². The van der Waals surface area contributed by atoms with E-state index in [1.165, 1.54) is 0 Å². The molecule has 0 atom stereocenters. The lowest BCUT2D eigenvalue weighted by Crippen LogP contribution is -1.79. The highest BCUT2D eigenvalue weighted by atomic mass is 19.1. The highest BCUT2D eigenvalue weighted by Gasteiger charge is 2.09. The van der Waals surface area contributed by atoms with Crippen molar-refractivity contribution in [2.45, 2.75) is 13.8 Å². The van der Waals surface area contributed by atoms with Gasteiger partial charge in [0.05, 0.1) is 0 Å². The van der Waals surface area contributed by atoms with Crippen LogP contribution in [-0.2, 0) is 0 Å². The lowest BCUT2D eigenvalue weighted by atomic mass is 10.1. The third kappa shape index (κ3) is 1.23. The summed E-state index contributed by atoms with van der Waals surface area (Å²) in [6.07, 6.45) is 0. The minimum Gasteiger partial charge on any atom is -0.456 e. The van der Waals surface area contributed by atoms with Crippen molar-refractivity contribution in [1.82, 2.24) is 0 Å². The topological polar surface area (TPSA) is 13.1 Å². The number of rotatable bonds is 0. The first kappa shape index (κ1) is 9.40. The lowest BCUT2D eigenvalue weighted by Gasteiger charge is -1.95. The molecule has 1 heterocycles. The van der Waals surface area contributed by atoms with Gasteiger partial charge in [0.1, 0.15) is 17.0 Å². The molecule has 3 aromatic rings. The van der Waals surface area contributed by atoms with Crippen LogP contribution >= 0.6 is 0 Å². The summed E-state index contributed by atoms with van der Waals surface area (Å²) in [4.78, 5) is 0. The molecule has 1 nitrogen and oxygen atoms in total. The van der Waals surface area contributed by atoms with Gasteiger partial charge >= 0.3 is 0 Å². The number of fused-ring (bicyclic) bond motifs is 3. The maximum absolute atomic E-state index is 13.5. The average Bonchev–Trinajstić information content (AvgIpc) is 2.55. The van der Waals surface area contributed by atoms with Gasteiger partial charge in [-0.15, -0.1) is 0 Å². The van der Waals surface area contributed by atoms with Crippen LogP contribution in [-0.4, -0.2) is 0 Å². The zero-order valence-electron chi connectivity index (χ0n) is 9.17. The summed E-state index contributed by atoms with van der Waals surface area (Å²) in [7, 11) is 0. The van der Waals surface area contributed by atoms with Crippen molar-refractivity contribution < 1.29 is 8.81 Å². The second-order valence-electron chi connectivity index (χ2n) is 4.20. The van der Waals surface area contributed by atoms with Gasteiger partial charge in [-0.25, -0.2) is 4.39 Å². The first-order valence-electron chi connectivity index (χ1n) is 5.24. The molecule has 0 saturated carbocycles. The van der Waals surface area contributed by atoms with Crippen molar-refractivity contribution in [2.75, 3.05) is 0 Å². The zero-order chi connectivity index (χ0) is 11.3. The molecular weight excluding hydrogens is 203 g/mol. The van der Waals surface area contributed by atoms with E-state index in [1.54, 1.807) is 19.1 Å². The van der Waals surface area contributed by atoms with Crippen molar-refractivity contribution in [1.29, 1.82) is 0 Å². The third-order valence-electron chi connectivity index (χ3n) is 2.91. The molecule has 0 saturated heterocycles. The largest absolute Gasteiger partial charge is 0.456 e. The van der Waals surface area contributed by atoms with Crippen LogP contribution in [0.4, 0.5) is 4.39 Å². The van der Waals surface area contributed by atoms with E-state index in [4.69, 9.17) is 4.42 Å². The minimum absolute atomic E-state index is 0.184. The fourth-order valence-electron chi connectivity index (χ4n) is 2.00. The number of aryl methyl sites for hydroxylation is 2. The summed E-state index contributed by atoms with van der Waals surface area (Å²) in [6.45, 7) is 3.76. The van der Waals surface area contributed by atoms with Gasteiger partial charge in [-0.3, -0.25) is 0 Å². The fourth-order valence-corrected chi connectivity index (χ4v) is 2.00. The van der Waals surface area contributed by atoms with E-state index in [2.05, 4.69) is 0 Å². The van der Waals surface area contributed by atoms with Gasteiger partial charge in [0.2, 0.25) is 0 Å². The summed E-state index contributed by atoms with van der Waals surface area (Å²) in [5.74, 6) is -0.184. The molecule has 0 radical (unpaired) electrons. The molecule has 0 spiro atoms. The van der Waals surface area contributed by atoms with E-state index in [-0.39, 0.29) is 5.82 Å². The standard InChI is InChI=1S/C14H11FO/c1-8-3-4-10-11-7-12(15)9(2)6-14(11)16-13(10)5-8/h3-7H,1-2H3. The smallest absolute Gasteiger partial charge is 0.135 e. The monoisotopic (exact) mass is 214 g/mol. The van der Waals surface area contributed by atoms with Crippen LogP contribution in [0.25, 0.3) is 21.9 Å².